The van der Waals surface area contributed by atoms with E-state index in [-0.39, 0.29) is 6.54 Å². The second kappa shape index (κ2) is 6.90. The largest absolute Gasteiger partial charge is 0.425 e. The number of aromatic nitrogens is 2. The van der Waals surface area contributed by atoms with Gasteiger partial charge in [-0.1, -0.05) is 0 Å². The summed E-state index contributed by atoms with van der Waals surface area (Å²) in [6.07, 6.45) is -3.30. The number of alkyl halides is 3. The normalized spacial score (nSPS) is 14.8. The molecule has 1 heterocycles. The van der Waals surface area contributed by atoms with Gasteiger partial charge in [0.05, 0.1) is 6.42 Å². The Morgan fingerprint density at radius 1 is 1.52 bits per heavy atom. The summed E-state index contributed by atoms with van der Waals surface area (Å²) >= 11 is 0. The van der Waals surface area contributed by atoms with E-state index in [1.165, 1.54) is 20.4 Å². The Balaban J connectivity index is 2.81. The van der Waals surface area contributed by atoms with Gasteiger partial charge < -0.3 is 19.7 Å². The molecule has 0 aliphatic heterocycles. The van der Waals surface area contributed by atoms with E-state index in [9.17, 15) is 23.1 Å². The fourth-order valence-electron chi connectivity index (χ4n) is 1.81. The number of imidazole rings is 1. The van der Waals surface area contributed by atoms with E-state index in [0.717, 1.165) is 10.8 Å². The number of hydrogen-bond acceptors (Lipinski definition) is 4. The first-order chi connectivity index (χ1) is 9.72. The predicted molar refractivity (Wildman–Crippen MR) is 67.3 cm³/mol. The molecule has 0 fully saturated rings. The maximum atomic E-state index is 13.1. The van der Waals surface area contributed by atoms with Crippen molar-refractivity contribution >= 4 is 5.91 Å². The number of nitrogens with zero attached hydrogens (tertiary/aromatic N) is 2. The Kier molecular flexibility index (Phi) is 5.73. The van der Waals surface area contributed by atoms with Crippen LogP contribution in [0.2, 0.25) is 0 Å². The lowest BCUT2D eigenvalue weighted by molar-refractivity contribution is -0.271. The molecule has 0 radical (unpaired) electrons. The first-order valence-electron chi connectivity index (χ1n) is 6.25. The molecule has 1 aromatic rings. The molecule has 120 valence electrons. The molecule has 0 saturated heterocycles. The highest BCUT2D eigenvalue weighted by molar-refractivity contribution is 5.77. The molecule has 6 nitrogen and oxygen atoms in total. The third-order valence-corrected chi connectivity index (χ3v) is 2.92. The molecule has 1 amide bonds. The van der Waals surface area contributed by atoms with Crippen LogP contribution in [0.1, 0.15) is 18.7 Å². The monoisotopic (exact) mass is 309 g/mol. The van der Waals surface area contributed by atoms with Crippen LogP contribution in [0.3, 0.4) is 0 Å². The first kappa shape index (κ1) is 17.4. The van der Waals surface area contributed by atoms with Gasteiger partial charge in [0, 0.05) is 39.7 Å². The number of aliphatic hydroxyl groups is 1. The number of methoxy groups -OCH3 is 1. The fourth-order valence-corrected chi connectivity index (χ4v) is 1.81. The van der Waals surface area contributed by atoms with Gasteiger partial charge in [-0.15, -0.1) is 0 Å². The Bertz CT molecular complexity index is 476. The van der Waals surface area contributed by atoms with Crippen molar-refractivity contribution in [3.63, 3.8) is 0 Å². The lowest BCUT2D eigenvalue weighted by atomic mass is 9.97. The number of nitrogens with one attached hydrogen (secondary N) is 1. The molecule has 0 saturated carbocycles. The number of ether oxygens (including phenoxy) is 1. The van der Waals surface area contributed by atoms with Gasteiger partial charge >= 0.3 is 6.18 Å². The highest BCUT2D eigenvalue weighted by Gasteiger charge is 2.58. The summed E-state index contributed by atoms with van der Waals surface area (Å²) < 4.78 is 45.2. The zero-order valence-electron chi connectivity index (χ0n) is 11.8. The fraction of sp³-hybridized carbons (Fsp3) is 0.667. The molecule has 0 aromatic carbocycles. The number of halogens is 3. The van der Waals surface area contributed by atoms with Crippen LogP contribution >= 0.6 is 0 Å². The van der Waals surface area contributed by atoms with Crippen LogP contribution in [0.25, 0.3) is 0 Å². The van der Waals surface area contributed by atoms with E-state index < -0.39 is 29.9 Å². The third-order valence-electron chi connectivity index (χ3n) is 2.92. The van der Waals surface area contributed by atoms with E-state index in [4.69, 9.17) is 4.74 Å². The Hall–Kier alpha value is -1.61. The highest BCUT2D eigenvalue weighted by Crippen LogP contribution is 2.40. The van der Waals surface area contributed by atoms with Crippen molar-refractivity contribution in [2.75, 3.05) is 20.3 Å². The number of carbonyl (C=O) groups excluding carboxylic acids is 1. The second-order valence-corrected chi connectivity index (χ2v) is 4.59. The second-order valence-electron chi connectivity index (χ2n) is 4.59. The van der Waals surface area contributed by atoms with Gasteiger partial charge in [-0.25, -0.2) is 4.98 Å². The minimum atomic E-state index is -5.02. The molecule has 2 N–H and O–H groups in total. The number of aryl methyl sites for hydroxylation is 1. The third kappa shape index (κ3) is 4.18. The van der Waals surface area contributed by atoms with Crippen molar-refractivity contribution in [1.29, 1.82) is 0 Å². The van der Waals surface area contributed by atoms with E-state index in [2.05, 4.69) is 10.3 Å². The highest BCUT2D eigenvalue weighted by atomic mass is 19.4. The van der Waals surface area contributed by atoms with Crippen LogP contribution in [0.15, 0.2) is 12.4 Å². The van der Waals surface area contributed by atoms with Crippen molar-refractivity contribution in [2.45, 2.75) is 24.6 Å². The van der Waals surface area contributed by atoms with Gasteiger partial charge in [-0.05, 0) is 6.42 Å². The molecule has 0 bridgehead atoms. The van der Waals surface area contributed by atoms with Gasteiger partial charge in [-0.2, -0.15) is 13.2 Å². The van der Waals surface area contributed by atoms with Crippen molar-refractivity contribution in [3.8, 4) is 0 Å². The van der Waals surface area contributed by atoms with Crippen LogP contribution in [0, 0.1) is 0 Å². The number of rotatable bonds is 7. The standard InChI is InChI=1S/C12H18F3N3O3/c1-18-6-5-17-10(18)11(20,12(13,14)15)8-9(19)16-4-3-7-21-2/h5-6,20H,3-4,7-8H2,1-2H3,(H,16,19). The van der Waals surface area contributed by atoms with Gasteiger partial charge in [0.15, 0.2) is 5.82 Å². The maximum Gasteiger partial charge on any atom is 0.425 e. The minimum Gasteiger partial charge on any atom is -0.385 e. The molecule has 1 atom stereocenters. The number of carbonyl (C=O) groups is 1. The smallest absolute Gasteiger partial charge is 0.385 e. The first-order valence-corrected chi connectivity index (χ1v) is 6.25. The molecule has 1 rings (SSSR count). The van der Waals surface area contributed by atoms with Crippen molar-refractivity contribution in [3.05, 3.63) is 18.2 Å². The van der Waals surface area contributed by atoms with Gasteiger partial charge in [0.25, 0.3) is 0 Å². The predicted octanol–water partition coefficient (Wildman–Crippen LogP) is 0.713. The van der Waals surface area contributed by atoms with Crippen LogP contribution in [0.4, 0.5) is 13.2 Å². The molecule has 0 aliphatic rings. The lowest BCUT2D eigenvalue weighted by Gasteiger charge is -2.29. The Morgan fingerprint density at radius 3 is 2.67 bits per heavy atom. The summed E-state index contributed by atoms with van der Waals surface area (Å²) in [5, 5.41) is 12.3. The topological polar surface area (TPSA) is 76.4 Å². The zero-order chi connectivity index (χ0) is 16.1. The molecule has 9 heteroatoms. The average Bonchev–Trinajstić information content (AvgIpc) is 2.80. The molecule has 1 unspecified atom stereocenters. The summed E-state index contributed by atoms with van der Waals surface area (Å²) in [6, 6.07) is 0. The van der Waals surface area contributed by atoms with E-state index >= 15 is 0 Å². The molecule has 1 aromatic heterocycles. The summed E-state index contributed by atoms with van der Waals surface area (Å²) in [4.78, 5) is 15.1. The van der Waals surface area contributed by atoms with Crippen LogP contribution < -0.4 is 5.32 Å². The number of amides is 1. The molecule has 0 spiro atoms. The van der Waals surface area contributed by atoms with Gasteiger partial charge in [0.2, 0.25) is 11.5 Å². The number of hydrogen-bond donors (Lipinski definition) is 2. The van der Waals surface area contributed by atoms with Crippen molar-refractivity contribution in [2.24, 2.45) is 7.05 Å². The van der Waals surface area contributed by atoms with Gasteiger partial charge in [0.1, 0.15) is 0 Å². The molecule has 21 heavy (non-hydrogen) atoms. The Labute approximate surface area is 119 Å². The SMILES string of the molecule is COCCCNC(=O)CC(O)(c1nccn1C)C(F)(F)F. The van der Waals surface area contributed by atoms with Crippen LogP contribution in [-0.2, 0) is 22.2 Å². The molecule has 0 aliphatic carbocycles. The molecular formula is C12H18F3N3O3. The average molecular weight is 309 g/mol. The summed E-state index contributed by atoms with van der Waals surface area (Å²) in [5.74, 6) is -1.53. The molecular weight excluding hydrogens is 291 g/mol. The van der Waals surface area contributed by atoms with Crippen LogP contribution in [0.5, 0.6) is 0 Å². The lowest BCUT2D eigenvalue weighted by Crippen LogP contribution is -2.48. The maximum absolute atomic E-state index is 13.1. The van der Waals surface area contributed by atoms with E-state index in [1.807, 2.05) is 0 Å². The van der Waals surface area contributed by atoms with Crippen molar-refractivity contribution < 1.29 is 27.8 Å². The summed E-state index contributed by atoms with van der Waals surface area (Å²) in [5.41, 5.74) is -3.32. The van der Waals surface area contributed by atoms with Crippen molar-refractivity contribution in [1.82, 2.24) is 14.9 Å². The van der Waals surface area contributed by atoms with Crippen LogP contribution in [-0.4, -0.2) is 47.0 Å². The summed E-state index contributed by atoms with van der Waals surface area (Å²) in [6.45, 7) is 0.546. The van der Waals surface area contributed by atoms with E-state index in [1.54, 1.807) is 0 Å². The zero-order valence-corrected chi connectivity index (χ0v) is 11.8. The summed E-state index contributed by atoms with van der Waals surface area (Å²) in [7, 11) is 2.79. The van der Waals surface area contributed by atoms with E-state index in [0.29, 0.717) is 13.0 Å². The minimum absolute atomic E-state index is 0.168. The van der Waals surface area contributed by atoms with Gasteiger partial charge in [-0.3, -0.25) is 4.79 Å². The Morgan fingerprint density at radius 2 is 2.19 bits per heavy atom. The quantitative estimate of drug-likeness (QED) is 0.728.